The third-order valence-corrected chi connectivity index (χ3v) is 4.73. The lowest BCUT2D eigenvalue weighted by Crippen LogP contribution is -2.28. The van der Waals surface area contributed by atoms with Gasteiger partial charge in [-0.2, -0.15) is 0 Å². The van der Waals surface area contributed by atoms with Crippen molar-refractivity contribution < 1.29 is 19.0 Å². The van der Waals surface area contributed by atoms with Crippen molar-refractivity contribution in [3.05, 3.63) is 42.0 Å². The normalized spacial score (nSPS) is 11.7. The molecule has 0 saturated carbocycles. The maximum atomic E-state index is 13.2. The Hall–Kier alpha value is -2.34. The predicted molar refractivity (Wildman–Crippen MR) is 106 cm³/mol. The minimum atomic E-state index is -0.609. The molecule has 1 unspecified atom stereocenters. The summed E-state index contributed by atoms with van der Waals surface area (Å²) in [5.41, 5.74) is 6.81. The monoisotopic (exact) mass is 375 g/mol. The van der Waals surface area contributed by atoms with Gasteiger partial charge >= 0.3 is 0 Å². The van der Waals surface area contributed by atoms with E-state index in [-0.39, 0.29) is 5.78 Å². The molecule has 2 aromatic rings. The molecule has 0 radical (unpaired) electrons. The number of ether oxygens (including phenoxy) is 3. The van der Waals surface area contributed by atoms with Gasteiger partial charge in [0, 0.05) is 5.69 Å². The Morgan fingerprint density at radius 2 is 1.77 bits per heavy atom. The van der Waals surface area contributed by atoms with Gasteiger partial charge in [0.05, 0.1) is 24.7 Å². The minimum Gasteiger partial charge on any atom is -0.496 e. The smallest absolute Gasteiger partial charge is 0.207 e. The number of Topliss-reactive ketones (excluding diaryl/α,β-unsaturated/α-hetero) is 1. The predicted octanol–water partition coefficient (Wildman–Crippen LogP) is 4.44. The second-order valence-corrected chi connectivity index (χ2v) is 6.58. The molecule has 26 heavy (non-hydrogen) atoms. The quantitative estimate of drug-likeness (QED) is 0.397. The van der Waals surface area contributed by atoms with Gasteiger partial charge in [-0.25, -0.2) is 0 Å². The van der Waals surface area contributed by atoms with Crippen LogP contribution in [-0.4, -0.2) is 32.4 Å². The molecule has 0 saturated heterocycles. The molecule has 2 aromatic carbocycles. The van der Waals surface area contributed by atoms with Crippen LogP contribution in [0.3, 0.4) is 0 Å². The van der Waals surface area contributed by atoms with Crippen molar-refractivity contribution in [2.24, 2.45) is 0 Å². The van der Waals surface area contributed by atoms with Gasteiger partial charge in [0.15, 0.2) is 6.10 Å². The number of rotatable bonds is 9. The van der Waals surface area contributed by atoms with Crippen LogP contribution in [0.15, 0.2) is 41.3 Å². The van der Waals surface area contributed by atoms with E-state index < -0.39 is 6.10 Å². The van der Waals surface area contributed by atoms with Crippen LogP contribution in [0.2, 0.25) is 0 Å². The summed E-state index contributed by atoms with van der Waals surface area (Å²) in [6.07, 6.45) is 2.75. The third kappa shape index (κ3) is 4.64. The van der Waals surface area contributed by atoms with Crippen molar-refractivity contribution in [2.45, 2.75) is 30.8 Å². The van der Waals surface area contributed by atoms with Crippen LogP contribution >= 0.6 is 11.8 Å². The van der Waals surface area contributed by atoms with Crippen molar-refractivity contribution in [3.8, 4) is 17.2 Å². The second-order valence-electron chi connectivity index (χ2n) is 5.74. The molecule has 0 amide bonds. The molecule has 2 N–H and O–H groups in total. The molecule has 5 nitrogen and oxygen atoms in total. The number of nitrogens with two attached hydrogens (primary N) is 1. The minimum absolute atomic E-state index is 0.133. The van der Waals surface area contributed by atoms with Crippen molar-refractivity contribution in [3.63, 3.8) is 0 Å². The molecule has 0 heterocycles. The Bertz CT molecular complexity index is 746. The highest BCUT2D eigenvalue weighted by atomic mass is 32.2. The Balaban J connectivity index is 2.36. The summed E-state index contributed by atoms with van der Waals surface area (Å²) < 4.78 is 16.8. The standard InChI is InChI=1S/C20H25NO4S/c1-5-6-16(25-14-9-7-13(21)8-10-14)20(22)15-11-18(24-3)19(26-4)12-17(15)23-2/h7-12,16H,5-6,21H2,1-4H3. The summed E-state index contributed by atoms with van der Waals surface area (Å²) in [5, 5.41) is 0. The number of thioether (sulfide) groups is 1. The molecule has 0 aliphatic heterocycles. The number of nitrogen functional groups attached to an aromatic ring is 1. The number of methoxy groups -OCH3 is 2. The van der Waals surface area contributed by atoms with Crippen LogP contribution in [0.4, 0.5) is 5.69 Å². The average Bonchev–Trinajstić information content (AvgIpc) is 2.67. The van der Waals surface area contributed by atoms with Gasteiger partial charge in [0.25, 0.3) is 0 Å². The van der Waals surface area contributed by atoms with Crippen LogP contribution < -0.4 is 19.9 Å². The SMILES string of the molecule is CCCC(Oc1ccc(N)cc1)C(=O)c1cc(OC)c(SC)cc1OC. The highest BCUT2D eigenvalue weighted by Crippen LogP contribution is 2.35. The highest BCUT2D eigenvalue weighted by molar-refractivity contribution is 7.98. The summed E-state index contributed by atoms with van der Waals surface area (Å²) in [7, 11) is 3.14. The van der Waals surface area contributed by atoms with Gasteiger partial charge in [-0.05, 0) is 49.1 Å². The van der Waals surface area contributed by atoms with E-state index in [1.807, 2.05) is 19.2 Å². The van der Waals surface area contributed by atoms with E-state index in [0.29, 0.717) is 34.9 Å². The van der Waals surface area contributed by atoms with E-state index >= 15 is 0 Å². The van der Waals surface area contributed by atoms with E-state index in [1.165, 1.54) is 11.8 Å². The number of carbonyl (C=O) groups is 1. The molecule has 1 atom stereocenters. The third-order valence-electron chi connectivity index (χ3n) is 3.97. The summed E-state index contributed by atoms with van der Waals surface area (Å²) in [6.45, 7) is 2.02. The van der Waals surface area contributed by atoms with Gasteiger partial charge in [-0.1, -0.05) is 13.3 Å². The molecule has 140 valence electrons. The van der Waals surface area contributed by atoms with Crippen molar-refractivity contribution in [1.82, 2.24) is 0 Å². The van der Waals surface area contributed by atoms with E-state index in [9.17, 15) is 4.79 Å². The lowest BCUT2D eigenvalue weighted by Gasteiger charge is -2.20. The van der Waals surface area contributed by atoms with Crippen LogP contribution in [0.25, 0.3) is 0 Å². The fourth-order valence-corrected chi connectivity index (χ4v) is 3.18. The van der Waals surface area contributed by atoms with Gasteiger partial charge in [0.2, 0.25) is 5.78 Å². The fraction of sp³-hybridized carbons (Fsp3) is 0.350. The van der Waals surface area contributed by atoms with Gasteiger partial charge < -0.3 is 19.9 Å². The Labute approximate surface area is 158 Å². The van der Waals surface area contributed by atoms with E-state index in [1.54, 1.807) is 44.6 Å². The molecule has 0 fully saturated rings. The molecule has 0 bridgehead atoms. The molecular weight excluding hydrogens is 350 g/mol. The molecule has 6 heteroatoms. The zero-order valence-corrected chi connectivity index (χ0v) is 16.4. The first-order chi connectivity index (χ1) is 12.5. The average molecular weight is 375 g/mol. The fourth-order valence-electron chi connectivity index (χ4n) is 2.61. The molecule has 0 aliphatic rings. The number of anilines is 1. The molecule has 0 aromatic heterocycles. The van der Waals surface area contributed by atoms with E-state index in [0.717, 1.165) is 11.3 Å². The maximum absolute atomic E-state index is 13.2. The van der Waals surface area contributed by atoms with Gasteiger partial charge in [0.1, 0.15) is 17.2 Å². The van der Waals surface area contributed by atoms with Crippen LogP contribution in [0.5, 0.6) is 17.2 Å². The highest BCUT2D eigenvalue weighted by Gasteiger charge is 2.26. The zero-order chi connectivity index (χ0) is 19.1. The summed E-state index contributed by atoms with van der Waals surface area (Å²) in [4.78, 5) is 14.1. The number of carbonyl (C=O) groups excluding carboxylic acids is 1. The van der Waals surface area contributed by atoms with Crippen LogP contribution in [0, 0.1) is 0 Å². The summed E-state index contributed by atoms with van der Waals surface area (Å²) >= 11 is 1.53. The molecule has 0 aliphatic carbocycles. The first-order valence-corrected chi connectivity index (χ1v) is 9.62. The number of hydrogen-bond acceptors (Lipinski definition) is 6. The van der Waals surface area contributed by atoms with Crippen molar-refractivity contribution in [1.29, 1.82) is 0 Å². The second kappa shape index (κ2) is 9.38. The molecular formula is C20H25NO4S. The van der Waals surface area contributed by atoms with Gasteiger partial charge in [-0.15, -0.1) is 11.8 Å². The first-order valence-electron chi connectivity index (χ1n) is 8.40. The number of benzene rings is 2. The van der Waals surface area contributed by atoms with Gasteiger partial charge in [-0.3, -0.25) is 4.79 Å². The Kier molecular flexibility index (Phi) is 7.21. The summed E-state index contributed by atoms with van der Waals surface area (Å²) in [5.74, 6) is 1.63. The number of ketones is 1. The lowest BCUT2D eigenvalue weighted by atomic mass is 10.0. The van der Waals surface area contributed by atoms with E-state index in [2.05, 4.69) is 0 Å². The lowest BCUT2D eigenvalue weighted by molar-refractivity contribution is 0.0773. The molecule has 2 rings (SSSR count). The Morgan fingerprint density at radius 1 is 1.12 bits per heavy atom. The zero-order valence-electron chi connectivity index (χ0n) is 15.6. The van der Waals surface area contributed by atoms with Crippen LogP contribution in [-0.2, 0) is 0 Å². The molecule has 0 spiro atoms. The van der Waals surface area contributed by atoms with Crippen molar-refractivity contribution in [2.75, 3.05) is 26.2 Å². The summed E-state index contributed by atoms with van der Waals surface area (Å²) in [6, 6.07) is 10.6. The number of hydrogen-bond donors (Lipinski definition) is 1. The maximum Gasteiger partial charge on any atom is 0.207 e. The topological polar surface area (TPSA) is 70.8 Å². The first kappa shape index (κ1) is 20.0. The largest absolute Gasteiger partial charge is 0.496 e. The van der Waals surface area contributed by atoms with Crippen LogP contribution in [0.1, 0.15) is 30.1 Å². The van der Waals surface area contributed by atoms with E-state index in [4.69, 9.17) is 19.9 Å². The Morgan fingerprint density at radius 3 is 2.31 bits per heavy atom. The van der Waals surface area contributed by atoms with Crippen molar-refractivity contribution >= 4 is 23.2 Å².